The Morgan fingerprint density at radius 2 is 2.06 bits per heavy atom. The maximum atomic E-state index is 12.3. The summed E-state index contributed by atoms with van der Waals surface area (Å²) in [6, 6.07) is 0.121. The normalized spacial score (nSPS) is 24.6. The lowest BCUT2D eigenvalue weighted by molar-refractivity contribution is -0.136. The zero-order valence-electron chi connectivity index (χ0n) is 10.7. The molecule has 2 heterocycles. The quantitative estimate of drug-likeness (QED) is 0.745. The molecule has 0 saturated carbocycles. The van der Waals surface area contributed by atoms with Crippen LogP contribution in [0.5, 0.6) is 0 Å². The molecule has 1 atom stereocenters. The molecule has 0 radical (unpaired) electrons. The molecule has 0 aromatic carbocycles. The van der Waals surface area contributed by atoms with Gasteiger partial charge in [0.05, 0.1) is 12.5 Å². The molecule has 3 amide bonds. The zero-order valence-corrected chi connectivity index (χ0v) is 10.7. The van der Waals surface area contributed by atoms with E-state index in [1.807, 2.05) is 11.8 Å². The van der Waals surface area contributed by atoms with Gasteiger partial charge >= 0.3 is 6.03 Å². The first-order valence-electron chi connectivity index (χ1n) is 6.57. The molecule has 0 spiro atoms. The lowest BCUT2D eigenvalue weighted by Gasteiger charge is -2.40. The second kappa shape index (κ2) is 4.94. The largest absolute Gasteiger partial charge is 0.339 e. The van der Waals surface area contributed by atoms with E-state index in [9.17, 15) is 9.59 Å². The first-order chi connectivity index (χ1) is 8.19. The smallest absolute Gasteiger partial charge is 0.323 e. The van der Waals surface area contributed by atoms with Crippen LogP contribution in [0.2, 0.25) is 0 Å². The average Bonchev–Trinajstić information content (AvgIpc) is 2.65. The van der Waals surface area contributed by atoms with Crippen molar-refractivity contribution in [3.05, 3.63) is 0 Å². The van der Waals surface area contributed by atoms with Crippen molar-refractivity contribution in [2.45, 2.75) is 45.6 Å². The highest BCUT2D eigenvalue weighted by atomic mass is 16.2. The van der Waals surface area contributed by atoms with Crippen LogP contribution < -0.4 is 0 Å². The highest BCUT2D eigenvalue weighted by Gasteiger charge is 2.44. The molecule has 0 bridgehead atoms. The van der Waals surface area contributed by atoms with E-state index in [1.165, 1.54) is 0 Å². The molecular formula is C12H21N3O2. The number of urea groups is 1. The van der Waals surface area contributed by atoms with E-state index in [-0.39, 0.29) is 18.0 Å². The monoisotopic (exact) mass is 239 g/mol. The van der Waals surface area contributed by atoms with Crippen molar-refractivity contribution in [1.82, 2.24) is 14.9 Å². The van der Waals surface area contributed by atoms with Gasteiger partial charge in [0.1, 0.15) is 0 Å². The van der Waals surface area contributed by atoms with E-state index < -0.39 is 0 Å². The van der Waals surface area contributed by atoms with Crippen LogP contribution in [-0.4, -0.2) is 52.5 Å². The summed E-state index contributed by atoms with van der Waals surface area (Å²) in [6.45, 7) is 6.23. The van der Waals surface area contributed by atoms with E-state index in [0.717, 1.165) is 32.4 Å². The second-order valence-electron chi connectivity index (χ2n) is 4.72. The third-order valence-corrected chi connectivity index (χ3v) is 3.58. The summed E-state index contributed by atoms with van der Waals surface area (Å²) in [5.74, 6) is 0.0863. The standard InChI is InChI=1S/C12H21N3O2/c1-3-5-7-13-8-6-10-9-11(16)14(4-2)15(10)12(13)17/h10H,3-9H2,1-2H3. The van der Waals surface area contributed by atoms with Crippen LogP contribution in [0.25, 0.3) is 0 Å². The van der Waals surface area contributed by atoms with Gasteiger partial charge in [-0.15, -0.1) is 0 Å². The number of fused-ring (bicyclic) bond motifs is 1. The van der Waals surface area contributed by atoms with Gasteiger partial charge in [0.25, 0.3) is 0 Å². The van der Waals surface area contributed by atoms with Crippen molar-refractivity contribution in [2.75, 3.05) is 19.6 Å². The van der Waals surface area contributed by atoms with Gasteiger partial charge in [-0.05, 0) is 19.8 Å². The number of rotatable bonds is 4. The van der Waals surface area contributed by atoms with Gasteiger partial charge in [0.2, 0.25) is 5.91 Å². The Hall–Kier alpha value is -1.26. The maximum Gasteiger partial charge on any atom is 0.339 e. The molecule has 0 aromatic heterocycles. The lowest BCUT2D eigenvalue weighted by atomic mass is 10.1. The molecule has 0 N–H and O–H groups in total. The van der Waals surface area contributed by atoms with Crippen LogP contribution >= 0.6 is 0 Å². The summed E-state index contributed by atoms with van der Waals surface area (Å²) in [5, 5.41) is 3.28. The second-order valence-corrected chi connectivity index (χ2v) is 4.72. The third-order valence-electron chi connectivity index (χ3n) is 3.58. The van der Waals surface area contributed by atoms with Gasteiger partial charge in [-0.25, -0.2) is 9.80 Å². The summed E-state index contributed by atoms with van der Waals surface area (Å²) in [5.41, 5.74) is 0. The number of amides is 3. The Bertz CT molecular complexity index is 319. The van der Waals surface area contributed by atoms with Crippen molar-refractivity contribution in [2.24, 2.45) is 0 Å². The Labute approximate surface area is 102 Å². The fraction of sp³-hybridized carbons (Fsp3) is 0.833. The molecule has 0 aliphatic carbocycles. The zero-order chi connectivity index (χ0) is 12.4. The molecule has 2 rings (SSSR count). The fourth-order valence-electron chi connectivity index (χ4n) is 2.63. The van der Waals surface area contributed by atoms with Crippen LogP contribution in [0.1, 0.15) is 39.5 Å². The van der Waals surface area contributed by atoms with Gasteiger partial charge in [0, 0.05) is 19.6 Å². The molecule has 1 unspecified atom stereocenters. The number of hydrogen-bond donors (Lipinski definition) is 0. The van der Waals surface area contributed by atoms with Crippen LogP contribution in [-0.2, 0) is 4.79 Å². The first-order valence-corrected chi connectivity index (χ1v) is 6.57. The van der Waals surface area contributed by atoms with Crippen LogP contribution in [0.4, 0.5) is 4.79 Å². The van der Waals surface area contributed by atoms with E-state index in [4.69, 9.17) is 0 Å². The molecule has 96 valence electrons. The Kier molecular flexibility index (Phi) is 3.54. The Morgan fingerprint density at radius 1 is 1.29 bits per heavy atom. The predicted molar refractivity (Wildman–Crippen MR) is 64.1 cm³/mol. The summed E-state index contributed by atoms with van der Waals surface area (Å²) >= 11 is 0. The number of unbranched alkanes of at least 4 members (excludes halogenated alkanes) is 1. The summed E-state index contributed by atoms with van der Waals surface area (Å²) in [4.78, 5) is 25.9. The van der Waals surface area contributed by atoms with E-state index in [2.05, 4.69) is 6.92 Å². The number of hydrogen-bond acceptors (Lipinski definition) is 2. The number of carbonyl (C=O) groups is 2. The van der Waals surface area contributed by atoms with Crippen molar-refractivity contribution < 1.29 is 9.59 Å². The Balaban J connectivity index is 2.07. The van der Waals surface area contributed by atoms with E-state index in [0.29, 0.717) is 13.0 Å². The predicted octanol–water partition coefficient (Wildman–Crippen LogP) is 1.45. The molecular weight excluding hydrogens is 218 g/mol. The summed E-state index contributed by atoms with van der Waals surface area (Å²) < 4.78 is 0. The number of hydrazine groups is 1. The molecule has 2 aliphatic heterocycles. The minimum atomic E-state index is 0.0161. The van der Waals surface area contributed by atoms with E-state index >= 15 is 0 Å². The summed E-state index contributed by atoms with van der Waals surface area (Å²) in [6.07, 6.45) is 3.53. The number of carbonyl (C=O) groups excluding carboxylic acids is 2. The van der Waals surface area contributed by atoms with Crippen molar-refractivity contribution in [1.29, 1.82) is 0 Å². The third kappa shape index (κ3) is 2.10. The minimum Gasteiger partial charge on any atom is -0.323 e. The van der Waals surface area contributed by atoms with E-state index in [1.54, 1.807) is 10.0 Å². The molecule has 2 saturated heterocycles. The van der Waals surface area contributed by atoms with Crippen LogP contribution in [0.3, 0.4) is 0 Å². The van der Waals surface area contributed by atoms with Crippen molar-refractivity contribution in [3.63, 3.8) is 0 Å². The van der Waals surface area contributed by atoms with Crippen LogP contribution in [0.15, 0.2) is 0 Å². The van der Waals surface area contributed by atoms with Crippen LogP contribution in [0, 0.1) is 0 Å². The fourth-order valence-corrected chi connectivity index (χ4v) is 2.63. The minimum absolute atomic E-state index is 0.0161. The van der Waals surface area contributed by atoms with Gasteiger partial charge in [-0.1, -0.05) is 13.3 Å². The van der Waals surface area contributed by atoms with Crippen molar-refractivity contribution >= 4 is 11.9 Å². The van der Waals surface area contributed by atoms with Crippen molar-refractivity contribution in [3.8, 4) is 0 Å². The molecule has 2 aliphatic rings. The van der Waals surface area contributed by atoms with Gasteiger partial charge in [-0.3, -0.25) is 9.80 Å². The lowest BCUT2D eigenvalue weighted by Crippen LogP contribution is -2.56. The van der Waals surface area contributed by atoms with Gasteiger partial charge < -0.3 is 4.90 Å². The molecule has 5 heteroatoms. The van der Waals surface area contributed by atoms with Gasteiger partial charge in [0.15, 0.2) is 0 Å². The summed E-state index contributed by atoms with van der Waals surface area (Å²) in [7, 11) is 0. The molecule has 17 heavy (non-hydrogen) atoms. The van der Waals surface area contributed by atoms with Gasteiger partial charge in [-0.2, -0.15) is 0 Å². The Morgan fingerprint density at radius 3 is 2.71 bits per heavy atom. The highest BCUT2D eigenvalue weighted by molar-refractivity contribution is 5.86. The highest BCUT2D eigenvalue weighted by Crippen LogP contribution is 2.27. The SMILES string of the molecule is CCCCN1CCC2CC(=O)N(CC)N2C1=O. The topological polar surface area (TPSA) is 43.9 Å². The maximum absolute atomic E-state index is 12.3. The average molecular weight is 239 g/mol. The first kappa shape index (κ1) is 12.2. The number of nitrogens with zero attached hydrogens (tertiary/aromatic N) is 3. The molecule has 2 fully saturated rings. The molecule has 5 nitrogen and oxygen atoms in total. The molecule has 0 aromatic rings.